The Hall–Kier alpha value is 0.630. The molecule has 0 saturated carbocycles. The number of ketones is 1. The molecule has 1 atom stereocenters. The fourth-order valence-corrected chi connectivity index (χ4v) is 1.76. The van der Waals surface area contributed by atoms with Crippen molar-refractivity contribution in [1.82, 2.24) is 0 Å². The summed E-state index contributed by atoms with van der Waals surface area (Å²) < 4.78 is -0.411. The molecule has 66 valence electrons. The zero-order chi connectivity index (χ0) is 9.23. The van der Waals surface area contributed by atoms with Gasteiger partial charge in [0, 0.05) is 0 Å². The van der Waals surface area contributed by atoms with Gasteiger partial charge in [-0.15, -0.1) is 0 Å². The average Bonchev–Trinajstić information content (AvgIpc) is 1.82. The van der Waals surface area contributed by atoms with Crippen molar-refractivity contribution in [2.75, 3.05) is 0 Å². The largest absolute Gasteiger partial charge is 0.297 e. The van der Waals surface area contributed by atoms with E-state index in [4.69, 9.17) is 0 Å². The molecule has 0 radical (unpaired) electrons. The molecule has 0 amide bonds. The molecule has 0 aromatic rings. The molecule has 0 bridgehead atoms. The molecule has 1 unspecified atom stereocenters. The van der Waals surface area contributed by atoms with Crippen LogP contribution in [0.1, 0.15) is 27.7 Å². The Morgan fingerprint density at radius 2 is 1.73 bits per heavy atom. The van der Waals surface area contributed by atoms with Crippen molar-refractivity contribution < 1.29 is 4.79 Å². The smallest absolute Gasteiger partial charge is 0.162 e. The molecule has 0 aliphatic heterocycles. The van der Waals surface area contributed by atoms with Gasteiger partial charge in [0.1, 0.15) is 0 Å². The molecule has 0 spiro atoms. The molecule has 0 saturated heterocycles. The van der Waals surface area contributed by atoms with Gasteiger partial charge in [0.25, 0.3) is 0 Å². The SMILES string of the molecule is CC(C)C(Br)C(=O)C(C)(C)Br. The van der Waals surface area contributed by atoms with Crippen LogP contribution in [0, 0.1) is 5.92 Å². The van der Waals surface area contributed by atoms with E-state index < -0.39 is 4.32 Å². The molecule has 0 rings (SSSR count). The first kappa shape index (κ1) is 11.6. The molecule has 11 heavy (non-hydrogen) atoms. The minimum Gasteiger partial charge on any atom is -0.297 e. The summed E-state index contributed by atoms with van der Waals surface area (Å²) in [5, 5.41) is 0. The number of rotatable bonds is 3. The standard InChI is InChI=1S/C8H14Br2O/c1-5(2)6(9)7(11)8(3,4)10/h5-6H,1-4H3. The van der Waals surface area contributed by atoms with Gasteiger partial charge in [0.15, 0.2) is 5.78 Å². The Morgan fingerprint density at radius 1 is 1.36 bits per heavy atom. The monoisotopic (exact) mass is 284 g/mol. The third-order valence-electron chi connectivity index (χ3n) is 1.42. The highest BCUT2D eigenvalue weighted by atomic mass is 79.9. The van der Waals surface area contributed by atoms with Crippen LogP contribution in [0.25, 0.3) is 0 Å². The normalized spacial score (nSPS) is 15.2. The lowest BCUT2D eigenvalue weighted by Crippen LogP contribution is -2.34. The molecule has 0 heterocycles. The predicted octanol–water partition coefficient (Wildman–Crippen LogP) is 3.15. The number of Topliss-reactive ketones (excluding diaryl/α,β-unsaturated/α-hetero) is 1. The van der Waals surface area contributed by atoms with Crippen LogP contribution in [0.15, 0.2) is 0 Å². The molecule has 0 fully saturated rings. The predicted molar refractivity (Wildman–Crippen MR) is 55.6 cm³/mol. The summed E-state index contributed by atoms with van der Waals surface area (Å²) >= 11 is 6.70. The summed E-state index contributed by atoms with van der Waals surface area (Å²) in [5.74, 6) is 0.548. The quantitative estimate of drug-likeness (QED) is 0.728. The van der Waals surface area contributed by atoms with Gasteiger partial charge in [0.05, 0.1) is 9.15 Å². The van der Waals surface area contributed by atoms with Gasteiger partial charge in [-0.25, -0.2) is 0 Å². The maximum absolute atomic E-state index is 11.5. The summed E-state index contributed by atoms with van der Waals surface area (Å²) in [6.07, 6.45) is 0. The van der Waals surface area contributed by atoms with E-state index in [0.29, 0.717) is 5.92 Å². The second-order valence-electron chi connectivity index (χ2n) is 3.48. The molecule has 1 nitrogen and oxygen atoms in total. The van der Waals surface area contributed by atoms with Gasteiger partial charge in [-0.2, -0.15) is 0 Å². The van der Waals surface area contributed by atoms with Crippen LogP contribution in [-0.2, 0) is 4.79 Å². The van der Waals surface area contributed by atoms with Gasteiger partial charge < -0.3 is 0 Å². The summed E-state index contributed by atoms with van der Waals surface area (Å²) in [7, 11) is 0. The Morgan fingerprint density at radius 3 is 1.82 bits per heavy atom. The topological polar surface area (TPSA) is 17.1 Å². The second kappa shape index (κ2) is 4.04. The third-order valence-corrected chi connectivity index (χ3v) is 3.29. The van der Waals surface area contributed by atoms with E-state index in [2.05, 4.69) is 31.9 Å². The van der Waals surface area contributed by atoms with E-state index in [9.17, 15) is 4.79 Å². The van der Waals surface area contributed by atoms with Crippen molar-refractivity contribution in [3.05, 3.63) is 0 Å². The van der Waals surface area contributed by atoms with E-state index in [1.54, 1.807) is 0 Å². The first-order chi connectivity index (χ1) is 4.76. The Kier molecular flexibility index (Phi) is 4.27. The molecule has 0 aliphatic rings. The number of halogens is 2. The molecule has 3 heteroatoms. The van der Waals surface area contributed by atoms with E-state index in [-0.39, 0.29) is 10.6 Å². The maximum atomic E-state index is 11.5. The van der Waals surface area contributed by atoms with E-state index >= 15 is 0 Å². The highest BCUT2D eigenvalue weighted by Crippen LogP contribution is 2.25. The minimum absolute atomic E-state index is 0.0446. The highest BCUT2D eigenvalue weighted by Gasteiger charge is 2.31. The Bertz CT molecular complexity index is 147. The first-order valence-corrected chi connectivity index (χ1v) is 5.35. The van der Waals surface area contributed by atoms with Crippen LogP contribution in [0.2, 0.25) is 0 Å². The number of carbonyl (C=O) groups excluding carboxylic acids is 1. The van der Waals surface area contributed by atoms with Gasteiger partial charge in [0.2, 0.25) is 0 Å². The minimum atomic E-state index is -0.411. The van der Waals surface area contributed by atoms with Crippen LogP contribution < -0.4 is 0 Å². The van der Waals surface area contributed by atoms with E-state index in [0.717, 1.165) is 0 Å². The van der Waals surface area contributed by atoms with Gasteiger partial charge in [-0.3, -0.25) is 4.79 Å². The van der Waals surface area contributed by atoms with Crippen molar-refractivity contribution in [3.63, 3.8) is 0 Å². The molecule has 0 aromatic heterocycles. The Labute approximate surface area is 85.2 Å². The lowest BCUT2D eigenvalue weighted by molar-refractivity contribution is -0.120. The summed E-state index contributed by atoms with van der Waals surface area (Å²) in [5.41, 5.74) is 0. The van der Waals surface area contributed by atoms with Crippen LogP contribution in [0.5, 0.6) is 0 Å². The Balaban J connectivity index is 4.26. The van der Waals surface area contributed by atoms with Gasteiger partial charge in [-0.1, -0.05) is 45.7 Å². The summed E-state index contributed by atoms with van der Waals surface area (Å²) in [4.78, 5) is 11.5. The average molecular weight is 286 g/mol. The summed E-state index contributed by atoms with van der Waals surface area (Å²) in [6.45, 7) is 7.78. The zero-order valence-corrected chi connectivity index (χ0v) is 10.5. The molecular weight excluding hydrogens is 272 g/mol. The number of carbonyl (C=O) groups is 1. The number of alkyl halides is 2. The van der Waals surface area contributed by atoms with E-state index in [1.807, 2.05) is 27.7 Å². The summed E-state index contributed by atoms with van der Waals surface area (Å²) in [6, 6.07) is 0. The lowest BCUT2D eigenvalue weighted by atomic mass is 9.99. The number of hydrogen-bond donors (Lipinski definition) is 0. The second-order valence-corrected chi connectivity index (χ2v) is 6.45. The third kappa shape index (κ3) is 3.70. The van der Waals surface area contributed by atoms with E-state index in [1.165, 1.54) is 0 Å². The van der Waals surface area contributed by atoms with Crippen LogP contribution in [0.4, 0.5) is 0 Å². The fraction of sp³-hybridized carbons (Fsp3) is 0.875. The van der Waals surface area contributed by atoms with Crippen LogP contribution >= 0.6 is 31.9 Å². The number of hydrogen-bond acceptors (Lipinski definition) is 1. The molecular formula is C8H14Br2O. The van der Waals surface area contributed by atoms with Crippen molar-refractivity contribution in [3.8, 4) is 0 Å². The lowest BCUT2D eigenvalue weighted by Gasteiger charge is -2.21. The van der Waals surface area contributed by atoms with Crippen molar-refractivity contribution in [2.24, 2.45) is 5.92 Å². The van der Waals surface area contributed by atoms with Gasteiger partial charge in [-0.05, 0) is 19.8 Å². The first-order valence-electron chi connectivity index (χ1n) is 3.64. The molecule has 0 aliphatic carbocycles. The van der Waals surface area contributed by atoms with Crippen molar-refractivity contribution >= 4 is 37.6 Å². The van der Waals surface area contributed by atoms with Crippen LogP contribution in [-0.4, -0.2) is 14.9 Å². The van der Waals surface area contributed by atoms with Crippen molar-refractivity contribution in [2.45, 2.75) is 36.8 Å². The zero-order valence-electron chi connectivity index (χ0n) is 7.32. The van der Waals surface area contributed by atoms with Crippen LogP contribution in [0.3, 0.4) is 0 Å². The molecule has 0 aromatic carbocycles. The highest BCUT2D eigenvalue weighted by molar-refractivity contribution is 9.11. The van der Waals surface area contributed by atoms with Crippen molar-refractivity contribution in [1.29, 1.82) is 0 Å². The maximum Gasteiger partial charge on any atom is 0.162 e. The van der Waals surface area contributed by atoms with Gasteiger partial charge >= 0.3 is 0 Å². The fourth-order valence-electron chi connectivity index (χ4n) is 0.631. The molecule has 0 N–H and O–H groups in total.